The lowest BCUT2D eigenvalue weighted by Crippen LogP contribution is -2.45. The van der Waals surface area contributed by atoms with E-state index in [1.54, 1.807) is 10.6 Å². The Labute approximate surface area is 197 Å². The molecule has 1 aliphatic heterocycles. The third-order valence-corrected chi connectivity index (χ3v) is 8.33. The van der Waals surface area contributed by atoms with E-state index >= 15 is 0 Å². The highest BCUT2D eigenvalue weighted by Gasteiger charge is 2.46. The first kappa shape index (κ1) is 21.7. The maximum Gasteiger partial charge on any atom is 0.259 e. The normalized spacial score (nSPS) is 24.3. The molecule has 2 atom stereocenters. The summed E-state index contributed by atoms with van der Waals surface area (Å²) in [5.41, 5.74) is 9.61. The van der Waals surface area contributed by atoms with Crippen LogP contribution in [0.2, 0.25) is 0 Å². The molecule has 6 nitrogen and oxygen atoms in total. The highest BCUT2D eigenvalue weighted by Crippen LogP contribution is 2.50. The molecule has 1 fully saturated rings. The molecule has 0 amide bonds. The molecule has 5 rings (SSSR count). The largest absolute Gasteiger partial charge is 0.356 e. The molecule has 0 aromatic carbocycles. The number of pyridine rings is 1. The lowest BCUT2D eigenvalue weighted by atomic mass is 9.73. The van der Waals surface area contributed by atoms with Crippen LogP contribution < -0.4 is 16.2 Å². The fourth-order valence-corrected chi connectivity index (χ4v) is 6.02. The van der Waals surface area contributed by atoms with Crippen molar-refractivity contribution in [2.45, 2.75) is 51.6 Å². The highest BCUT2D eigenvalue weighted by atomic mass is 35.5. The van der Waals surface area contributed by atoms with Gasteiger partial charge in [0, 0.05) is 31.0 Å². The minimum atomic E-state index is -0.311. The van der Waals surface area contributed by atoms with Crippen molar-refractivity contribution >= 4 is 29.0 Å². The SMILES string of the molecule is Cc1c(N2CCC3(CC2)Cc2ncccc2[C@H]3N)nc(C)n(C2CC=CC(Cl)=C2Cl)c1=O. The van der Waals surface area contributed by atoms with Crippen molar-refractivity contribution in [1.82, 2.24) is 14.5 Å². The van der Waals surface area contributed by atoms with E-state index in [2.05, 4.69) is 16.0 Å². The number of nitrogens with two attached hydrogens (primary N) is 1. The Morgan fingerprint density at radius 2 is 1.97 bits per heavy atom. The molecule has 168 valence electrons. The summed E-state index contributed by atoms with van der Waals surface area (Å²) < 4.78 is 1.67. The van der Waals surface area contributed by atoms with Crippen molar-refractivity contribution in [3.05, 3.63) is 73.5 Å². The molecule has 3 aliphatic rings. The Balaban J connectivity index is 1.41. The van der Waals surface area contributed by atoms with Gasteiger partial charge in [0.1, 0.15) is 11.6 Å². The van der Waals surface area contributed by atoms with E-state index in [9.17, 15) is 4.79 Å². The van der Waals surface area contributed by atoms with Crippen molar-refractivity contribution < 1.29 is 0 Å². The van der Waals surface area contributed by atoms with Crippen molar-refractivity contribution in [3.63, 3.8) is 0 Å². The molecule has 2 aromatic rings. The van der Waals surface area contributed by atoms with Crippen LogP contribution in [0.3, 0.4) is 0 Å². The van der Waals surface area contributed by atoms with Gasteiger partial charge in [0.05, 0.1) is 21.7 Å². The van der Waals surface area contributed by atoms with Crippen LogP contribution in [0.4, 0.5) is 5.82 Å². The van der Waals surface area contributed by atoms with Gasteiger partial charge in [-0.05, 0) is 62.7 Å². The van der Waals surface area contributed by atoms with Crippen LogP contribution in [-0.2, 0) is 6.42 Å². The molecule has 3 heterocycles. The molecular weight excluding hydrogens is 445 g/mol. The fraction of sp³-hybridized carbons (Fsp3) is 0.458. The molecule has 2 N–H and O–H groups in total. The van der Waals surface area contributed by atoms with Crippen LogP contribution in [0.5, 0.6) is 0 Å². The van der Waals surface area contributed by atoms with Gasteiger partial charge in [-0.15, -0.1) is 0 Å². The predicted octanol–water partition coefficient (Wildman–Crippen LogP) is 4.29. The zero-order valence-electron chi connectivity index (χ0n) is 18.3. The molecule has 0 bridgehead atoms. The zero-order valence-corrected chi connectivity index (χ0v) is 19.8. The first-order chi connectivity index (χ1) is 15.3. The quantitative estimate of drug-likeness (QED) is 0.706. The third kappa shape index (κ3) is 3.31. The molecule has 1 spiro atoms. The van der Waals surface area contributed by atoms with Crippen molar-refractivity contribution in [2.75, 3.05) is 18.0 Å². The standard InChI is InChI=1S/C24H27Cl2N5O/c1-14-22(29-15(2)31(23(14)32)19-7-3-6-17(25)20(19)26)30-11-8-24(9-12-30)13-18-16(21(24)27)5-4-10-28-18/h3-6,10,19,21H,7-9,11-13,27H2,1-2H3/t19?,21-/m1/s1. The maximum atomic E-state index is 13.4. The number of halogens is 2. The monoisotopic (exact) mass is 471 g/mol. The van der Waals surface area contributed by atoms with E-state index < -0.39 is 0 Å². The Morgan fingerprint density at radius 3 is 2.69 bits per heavy atom. The molecule has 0 saturated carbocycles. The van der Waals surface area contributed by atoms with Gasteiger partial charge in [0.2, 0.25) is 0 Å². The van der Waals surface area contributed by atoms with E-state index in [0.29, 0.717) is 27.9 Å². The van der Waals surface area contributed by atoms with Crippen molar-refractivity contribution in [3.8, 4) is 0 Å². The van der Waals surface area contributed by atoms with Gasteiger partial charge < -0.3 is 10.6 Å². The molecule has 32 heavy (non-hydrogen) atoms. The summed E-state index contributed by atoms with van der Waals surface area (Å²) in [6.45, 7) is 5.35. The highest BCUT2D eigenvalue weighted by molar-refractivity contribution is 6.40. The van der Waals surface area contributed by atoms with Gasteiger partial charge in [-0.25, -0.2) is 4.98 Å². The number of rotatable bonds is 2. The van der Waals surface area contributed by atoms with Crippen LogP contribution in [0.1, 0.15) is 54.0 Å². The number of aryl methyl sites for hydroxylation is 1. The van der Waals surface area contributed by atoms with E-state index in [0.717, 1.165) is 43.9 Å². The molecule has 0 radical (unpaired) electrons. The number of fused-ring (bicyclic) bond motifs is 1. The van der Waals surface area contributed by atoms with Gasteiger partial charge in [-0.2, -0.15) is 0 Å². The lowest BCUT2D eigenvalue weighted by molar-refractivity contribution is 0.186. The third-order valence-electron chi connectivity index (χ3n) is 7.45. The summed E-state index contributed by atoms with van der Waals surface area (Å²) >= 11 is 12.7. The maximum absolute atomic E-state index is 13.4. The van der Waals surface area contributed by atoms with Gasteiger partial charge in [-0.3, -0.25) is 14.3 Å². The van der Waals surface area contributed by atoms with Crippen LogP contribution in [0.25, 0.3) is 0 Å². The zero-order chi connectivity index (χ0) is 22.6. The Hall–Kier alpha value is -2.15. The summed E-state index contributed by atoms with van der Waals surface area (Å²) in [4.78, 5) is 25.0. The van der Waals surface area contributed by atoms with Gasteiger partial charge >= 0.3 is 0 Å². The summed E-state index contributed by atoms with van der Waals surface area (Å²) in [7, 11) is 0. The predicted molar refractivity (Wildman–Crippen MR) is 128 cm³/mol. The smallest absolute Gasteiger partial charge is 0.259 e. The second-order valence-corrected chi connectivity index (χ2v) is 9.99. The first-order valence-corrected chi connectivity index (χ1v) is 11.8. The van der Waals surface area contributed by atoms with Crippen LogP contribution >= 0.6 is 23.2 Å². The number of piperidine rings is 1. The number of allylic oxidation sites excluding steroid dienone is 4. The Kier molecular flexibility index (Phi) is 5.43. The fourth-order valence-electron chi connectivity index (χ4n) is 5.56. The molecule has 2 aliphatic carbocycles. The number of hydrogen-bond acceptors (Lipinski definition) is 5. The van der Waals surface area contributed by atoms with Crippen LogP contribution in [-0.4, -0.2) is 27.6 Å². The lowest BCUT2D eigenvalue weighted by Gasteiger charge is -2.43. The van der Waals surface area contributed by atoms with E-state index in [-0.39, 0.29) is 23.1 Å². The van der Waals surface area contributed by atoms with Crippen molar-refractivity contribution in [1.29, 1.82) is 0 Å². The van der Waals surface area contributed by atoms with Crippen LogP contribution in [0.15, 0.2) is 45.3 Å². The Morgan fingerprint density at radius 1 is 1.22 bits per heavy atom. The van der Waals surface area contributed by atoms with Gasteiger partial charge in [0.15, 0.2) is 0 Å². The molecule has 1 saturated heterocycles. The number of hydrogen-bond donors (Lipinski definition) is 1. The van der Waals surface area contributed by atoms with Gasteiger partial charge in [-0.1, -0.05) is 35.3 Å². The second-order valence-electron chi connectivity index (χ2n) is 9.18. The first-order valence-electron chi connectivity index (χ1n) is 11.1. The molecular formula is C24H27Cl2N5O. The summed E-state index contributed by atoms with van der Waals surface area (Å²) in [5.74, 6) is 1.41. The number of anilines is 1. The minimum Gasteiger partial charge on any atom is -0.356 e. The molecule has 2 aromatic heterocycles. The van der Waals surface area contributed by atoms with Crippen molar-refractivity contribution in [2.24, 2.45) is 11.1 Å². The minimum absolute atomic E-state index is 0.00942. The summed E-state index contributed by atoms with van der Waals surface area (Å²) in [6.07, 6.45) is 9.01. The molecule has 8 heteroatoms. The average molecular weight is 472 g/mol. The summed E-state index contributed by atoms with van der Waals surface area (Å²) in [5, 5.41) is 0.956. The van der Waals surface area contributed by atoms with E-state index in [1.165, 1.54) is 5.56 Å². The second kappa shape index (κ2) is 8.01. The summed E-state index contributed by atoms with van der Waals surface area (Å²) in [6, 6.07) is 3.77. The Bertz CT molecular complexity index is 1190. The van der Waals surface area contributed by atoms with E-state index in [4.69, 9.17) is 33.9 Å². The number of aromatic nitrogens is 3. The van der Waals surface area contributed by atoms with Crippen LogP contribution in [0, 0.1) is 19.3 Å². The van der Waals surface area contributed by atoms with Gasteiger partial charge in [0.25, 0.3) is 5.56 Å². The molecule has 1 unspecified atom stereocenters. The average Bonchev–Trinajstić information content (AvgIpc) is 3.06. The topological polar surface area (TPSA) is 77.0 Å². The van der Waals surface area contributed by atoms with E-state index in [1.807, 2.05) is 32.2 Å². The number of nitrogens with zero attached hydrogens (tertiary/aromatic N) is 4.